The van der Waals surface area contributed by atoms with E-state index in [1.807, 2.05) is 0 Å². The molecule has 0 radical (unpaired) electrons. The van der Waals surface area contributed by atoms with Gasteiger partial charge in [0.2, 0.25) is 0 Å². The first-order valence-electron chi connectivity index (χ1n) is 9.50. The summed E-state index contributed by atoms with van der Waals surface area (Å²) in [4.78, 5) is 0. The highest BCUT2D eigenvalue weighted by Gasteiger charge is 2.31. The number of benzene rings is 1. The summed E-state index contributed by atoms with van der Waals surface area (Å²) in [6.45, 7) is 11.6. The molecule has 0 amide bonds. The lowest BCUT2D eigenvalue weighted by molar-refractivity contribution is 0.218. The molecule has 0 heterocycles. The maximum absolute atomic E-state index is 13.0. The summed E-state index contributed by atoms with van der Waals surface area (Å²) < 4.78 is 47.5. The normalized spacial score (nSPS) is 12.5. The van der Waals surface area contributed by atoms with Gasteiger partial charge in [0.15, 0.2) is 0 Å². The number of hydrogen-bond acceptors (Lipinski definition) is 8. The van der Waals surface area contributed by atoms with E-state index in [0.717, 1.165) is 0 Å². The van der Waals surface area contributed by atoms with Gasteiger partial charge in [-0.05, 0) is 63.8 Å². The van der Waals surface area contributed by atoms with Crippen LogP contribution in [0.15, 0.2) is 0 Å². The van der Waals surface area contributed by atoms with Crippen molar-refractivity contribution in [3.05, 3.63) is 22.3 Å². The van der Waals surface area contributed by atoms with Crippen molar-refractivity contribution in [3.8, 4) is 0 Å². The summed E-state index contributed by atoms with van der Waals surface area (Å²) in [6.07, 6.45) is 0.0402. The highest BCUT2D eigenvalue weighted by atomic mass is 31.2. The van der Waals surface area contributed by atoms with Crippen molar-refractivity contribution in [3.63, 3.8) is 0 Å². The Balaban J connectivity index is 3.42. The van der Waals surface area contributed by atoms with Crippen LogP contribution in [0.4, 0.5) is 11.4 Å². The fourth-order valence-corrected chi connectivity index (χ4v) is 6.70. The Bertz CT molecular complexity index is 657. The van der Waals surface area contributed by atoms with Crippen molar-refractivity contribution in [1.82, 2.24) is 0 Å². The lowest BCUT2D eigenvalue weighted by Gasteiger charge is -2.25. The van der Waals surface area contributed by atoms with Crippen molar-refractivity contribution in [2.45, 2.75) is 53.9 Å². The maximum Gasteiger partial charge on any atom is 0.335 e. The molecule has 0 atom stereocenters. The molecule has 10 heteroatoms. The molecule has 0 aromatic heterocycles. The van der Waals surface area contributed by atoms with Crippen molar-refractivity contribution < 1.29 is 27.2 Å². The summed E-state index contributed by atoms with van der Waals surface area (Å²) >= 11 is 0. The minimum atomic E-state index is -3.35. The zero-order valence-corrected chi connectivity index (χ0v) is 19.5. The third kappa shape index (κ3) is 6.06. The smallest absolute Gasteiger partial charge is 0.335 e. The molecule has 1 aromatic carbocycles. The molecule has 0 bridgehead atoms. The molecule has 4 N–H and O–H groups in total. The van der Waals surface area contributed by atoms with E-state index in [4.69, 9.17) is 29.6 Å². The highest BCUT2D eigenvalue weighted by molar-refractivity contribution is 7.53. The average Bonchev–Trinajstić information content (AvgIpc) is 2.62. The fraction of sp³-hybridized carbons (Fsp3) is 0.667. The second kappa shape index (κ2) is 10.8. The van der Waals surface area contributed by atoms with Crippen LogP contribution in [0, 0.1) is 13.8 Å². The van der Waals surface area contributed by atoms with Crippen LogP contribution in [0.1, 0.15) is 49.9 Å². The first kappa shape index (κ1) is 25.2. The minimum absolute atomic E-state index is 0.0201. The standard InChI is InChI=1S/C18H34N2O6P2/c1-7-23-27(21,24-8-2)11-15-13(5)18(20)16(14(6)17(15)19)12-28(22,25-9-3)26-10-4/h7-12,19-20H2,1-6H3. The quantitative estimate of drug-likeness (QED) is 0.347. The van der Waals surface area contributed by atoms with Gasteiger partial charge in [-0.2, -0.15) is 0 Å². The van der Waals surface area contributed by atoms with E-state index < -0.39 is 15.2 Å². The molecule has 1 aromatic rings. The van der Waals surface area contributed by atoms with Gasteiger partial charge in [-0.15, -0.1) is 0 Å². The van der Waals surface area contributed by atoms with Crippen LogP contribution in [0.3, 0.4) is 0 Å². The van der Waals surface area contributed by atoms with Crippen molar-refractivity contribution in [1.29, 1.82) is 0 Å². The van der Waals surface area contributed by atoms with E-state index in [9.17, 15) is 9.13 Å². The fourth-order valence-electron chi connectivity index (χ4n) is 3.02. The van der Waals surface area contributed by atoms with Crippen LogP contribution < -0.4 is 11.5 Å². The molecule has 162 valence electrons. The third-order valence-corrected chi connectivity index (χ3v) is 8.38. The predicted octanol–water partition coefficient (Wildman–Crippen LogP) is 5.00. The van der Waals surface area contributed by atoms with Gasteiger partial charge in [-0.25, -0.2) is 0 Å². The van der Waals surface area contributed by atoms with Crippen LogP contribution in [0.5, 0.6) is 0 Å². The van der Waals surface area contributed by atoms with Gasteiger partial charge in [0, 0.05) is 11.4 Å². The summed E-state index contributed by atoms with van der Waals surface area (Å²) in [7, 11) is -6.70. The van der Waals surface area contributed by atoms with Gasteiger partial charge in [-0.1, -0.05) is 0 Å². The van der Waals surface area contributed by atoms with Gasteiger partial charge in [0.1, 0.15) is 0 Å². The summed E-state index contributed by atoms with van der Waals surface area (Å²) in [5.41, 5.74) is 16.1. The molecule has 0 spiro atoms. The van der Waals surface area contributed by atoms with Crippen molar-refractivity contribution >= 4 is 26.6 Å². The second-order valence-electron chi connectivity index (χ2n) is 6.24. The Kier molecular flexibility index (Phi) is 9.68. The van der Waals surface area contributed by atoms with Crippen molar-refractivity contribution in [2.75, 3.05) is 37.9 Å². The molecule has 0 saturated carbocycles. The Hall–Kier alpha value is -0.880. The third-order valence-electron chi connectivity index (χ3n) is 4.37. The first-order chi connectivity index (χ1) is 13.1. The van der Waals surface area contributed by atoms with Crippen LogP contribution >= 0.6 is 15.2 Å². The molecule has 1 rings (SSSR count). The number of nitrogen functional groups attached to an aromatic ring is 2. The maximum atomic E-state index is 13.0. The van der Waals surface area contributed by atoms with Crippen LogP contribution in [-0.4, -0.2) is 26.4 Å². The summed E-state index contributed by atoms with van der Waals surface area (Å²) in [6, 6.07) is 0. The lowest BCUT2D eigenvalue weighted by atomic mass is 9.96. The molecule has 28 heavy (non-hydrogen) atoms. The van der Waals surface area contributed by atoms with E-state index in [2.05, 4.69) is 0 Å². The Morgan fingerprint density at radius 3 is 1.11 bits per heavy atom. The van der Waals surface area contributed by atoms with Gasteiger partial charge >= 0.3 is 15.2 Å². The largest absolute Gasteiger partial charge is 0.398 e. The first-order valence-corrected chi connectivity index (χ1v) is 13.0. The highest BCUT2D eigenvalue weighted by Crippen LogP contribution is 2.56. The van der Waals surface area contributed by atoms with E-state index in [1.165, 1.54) is 0 Å². The van der Waals surface area contributed by atoms with E-state index in [-0.39, 0.29) is 38.8 Å². The summed E-state index contributed by atoms with van der Waals surface area (Å²) in [5.74, 6) is 0. The number of anilines is 2. The molecule has 8 nitrogen and oxygen atoms in total. The molecular weight excluding hydrogens is 402 g/mol. The van der Waals surface area contributed by atoms with Gasteiger partial charge in [-0.3, -0.25) is 9.13 Å². The number of rotatable bonds is 12. The second-order valence-corrected chi connectivity index (χ2v) is 10.4. The topological polar surface area (TPSA) is 123 Å². The molecule has 0 saturated heterocycles. The minimum Gasteiger partial charge on any atom is -0.398 e. The molecule has 0 aliphatic heterocycles. The van der Waals surface area contributed by atoms with E-state index in [1.54, 1.807) is 41.5 Å². The zero-order chi connectivity index (χ0) is 21.5. The van der Waals surface area contributed by atoms with E-state index >= 15 is 0 Å². The molecular formula is C18H34N2O6P2. The Morgan fingerprint density at radius 2 is 0.893 bits per heavy atom. The van der Waals surface area contributed by atoms with Crippen LogP contribution in [0.25, 0.3) is 0 Å². The molecule has 0 fully saturated rings. The SMILES string of the molecule is CCOP(=O)(Cc1c(C)c(N)c(CP(=O)(OCC)OCC)c(C)c1N)OCC. The van der Waals surface area contributed by atoms with Crippen molar-refractivity contribution in [2.24, 2.45) is 0 Å². The van der Waals surface area contributed by atoms with Gasteiger partial charge in [0.05, 0.1) is 38.8 Å². The van der Waals surface area contributed by atoms with Crippen LogP contribution in [0.2, 0.25) is 0 Å². The van der Waals surface area contributed by atoms with E-state index in [0.29, 0.717) is 33.6 Å². The molecule has 0 unspecified atom stereocenters. The molecule has 0 aliphatic carbocycles. The Labute approximate surface area is 168 Å². The van der Waals surface area contributed by atoms with Crippen LogP contribution in [-0.2, 0) is 39.5 Å². The predicted molar refractivity (Wildman–Crippen MR) is 114 cm³/mol. The average molecular weight is 436 g/mol. The number of hydrogen-bond donors (Lipinski definition) is 2. The lowest BCUT2D eigenvalue weighted by Crippen LogP contribution is -2.11. The number of nitrogens with two attached hydrogens (primary N) is 2. The monoisotopic (exact) mass is 436 g/mol. The molecule has 0 aliphatic rings. The Morgan fingerprint density at radius 1 is 0.643 bits per heavy atom. The zero-order valence-electron chi connectivity index (χ0n) is 17.7. The van der Waals surface area contributed by atoms with Gasteiger partial charge in [0.25, 0.3) is 0 Å². The summed E-state index contributed by atoms with van der Waals surface area (Å²) in [5, 5.41) is 0. The van der Waals surface area contributed by atoms with Gasteiger partial charge < -0.3 is 29.6 Å².